The summed E-state index contributed by atoms with van der Waals surface area (Å²) >= 11 is 0. The van der Waals surface area contributed by atoms with E-state index >= 15 is 0 Å². The molecule has 1 aromatic rings. The van der Waals surface area contributed by atoms with Crippen LogP contribution in [0.4, 0.5) is 13.2 Å². The van der Waals surface area contributed by atoms with Crippen molar-refractivity contribution < 1.29 is 13.2 Å². The maximum atomic E-state index is 12.4. The lowest BCUT2D eigenvalue weighted by molar-refractivity contribution is -0.169. The summed E-state index contributed by atoms with van der Waals surface area (Å²) in [6.07, 6.45) is -3.93. The van der Waals surface area contributed by atoms with Crippen LogP contribution in [0.2, 0.25) is 0 Å². The minimum absolute atomic E-state index is 0. The van der Waals surface area contributed by atoms with E-state index in [1.807, 2.05) is 30.3 Å². The summed E-state index contributed by atoms with van der Waals surface area (Å²) in [6.45, 7) is 0.0308. The molecular weight excluding hydrogens is 283 g/mol. The zero-order chi connectivity index (χ0) is 10.9. The largest absolute Gasteiger partial charge is 0.393 e. The first kappa shape index (κ1) is 13.5. The molecule has 0 radical (unpaired) electrons. The van der Waals surface area contributed by atoms with Crippen molar-refractivity contribution in [3.8, 4) is 0 Å². The second-order valence-electron chi connectivity index (χ2n) is 3.85. The van der Waals surface area contributed by atoms with Crippen LogP contribution in [0.1, 0.15) is 18.0 Å². The van der Waals surface area contributed by atoms with Gasteiger partial charge in [0.25, 0.3) is 0 Å². The zero-order valence-corrected chi connectivity index (χ0v) is 10.2. The van der Waals surface area contributed by atoms with Crippen molar-refractivity contribution in [1.29, 1.82) is 0 Å². The third-order valence-corrected chi connectivity index (χ3v) is 2.80. The highest BCUT2D eigenvalue weighted by molar-refractivity contribution is 8.93. The first-order valence-electron chi connectivity index (χ1n) is 4.92. The Balaban J connectivity index is 0.00000128. The molecule has 0 aliphatic carbocycles. The average molecular weight is 296 g/mol. The highest BCUT2D eigenvalue weighted by Crippen LogP contribution is 2.37. The molecule has 0 aromatic heterocycles. The Bertz CT molecular complexity index is 326. The molecule has 2 atom stereocenters. The molecule has 1 heterocycles. The molecule has 5 heteroatoms. The van der Waals surface area contributed by atoms with Gasteiger partial charge in [0.2, 0.25) is 0 Å². The van der Waals surface area contributed by atoms with Gasteiger partial charge in [0.1, 0.15) is 0 Å². The predicted octanol–water partition coefficient (Wildman–Crippen LogP) is 3.48. The summed E-state index contributed by atoms with van der Waals surface area (Å²) < 4.78 is 37.2. The normalized spacial score (nSPS) is 25.2. The van der Waals surface area contributed by atoms with E-state index < -0.39 is 12.1 Å². The fraction of sp³-hybridized carbons (Fsp3) is 0.455. The Kier molecular flexibility index (Phi) is 4.38. The quantitative estimate of drug-likeness (QED) is 0.836. The number of nitrogens with one attached hydrogen (secondary N) is 1. The van der Waals surface area contributed by atoms with Gasteiger partial charge in [0, 0.05) is 12.6 Å². The second-order valence-corrected chi connectivity index (χ2v) is 3.85. The van der Waals surface area contributed by atoms with Gasteiger partial charge in [0.15, 0.2) is 0 Å². The number of rotatable bonds is 1. The van der Waals surface area contributed by atoms with E-state index in [0.717, 1.165) is 5.56 Å². The van der Waals surface area contributed by atoms with Crippen molar-refractivity contribution in [3.05, 3.63) is 35.9 Å². The average Bonchev–Trinajstić information content (AvgIpc) is 2.67. The standard InChI is InChI=1S/C11H12F3N.BrH/c12-11(13,14)9-6-10(15-7-9)8-4-2-1-3-5-8;/h1-5,9-10,15H,6-7H2;1H. The molecule has 0 spiro atoms. The molecule has 0 bridgehead atoms. The molecule has 1 nitrogen and oxygen atoms in total. The summed E-state index contributed by atoms with van der Waals surface area (Å²) in [7, 11) is 0. The van der Waals surface area contributed by atoms with Crippen LogP contribution in [-0.4, -0.2) is 12.7 Å². The van der Waals surface area contributed by atoms with Crippen LogP contribution in [-0.2, 0) is 0 Å². The minimum atomic E-state index is -4.07. The third kappa shape index (κ3) is 2.98. The molecule has 1 aliphatic rings. The lowest BCUT2D eigenvalue weighted by Gasteiger charge is -2.13. The van der Waals surface area contributed by atoms with Gasteiger partial charge in [-0.25, -0.2) is 0 Å². The molecule has 0 amide bonds. The summed E-state index contributed by atoms with van der Waals surface area (Å²) in [5.41, 5.74) is 0.934. The highest BCUT2D eigenvalue weighted by Gasteiger charge is 2.44. The molecule has 1 aliphatic heterocycles. The molecule has 1 N–H and O–H groups in total. The summed E-state index contributed by atoms with van der Waals surface area (Å²) in [5, 5.41) is 2.91. The van der Waals surface area contributed by atoms with E-state index in [9.17, 15) is 13.2 Å². The van der Waals surface area contributed by atoms with Crippen molar-refractivity contribution in [1.82, 2.24) is 5.32 Å². The van der Waals surface area contributed by atoms with Crippen LogP contribution >= 0.6 is 17.0 Å². The number of alkyl halides is 3. The Hall–Kier alpha value is -0.550. The van der Waals surface area contributed by atoms with Crippen molar-refractivity contribution in [3.63, 3.8) is 0 Å². The third-order valence-electron chi connectivity index (χ3n) is 2.80. The molecule has 1 aromatic carbocycles. The van der Waals surface area contributed by atoms with Crippen LogP contribution in [0.15, 0.2) is 30.3 Å². The van der Waals surface area contributed by atoms with Crippen LogP contribution in [0.25, 0.3) is 0 Å². The lowest BCUT2D eigenvalue weighted by Crippen LogP contribution is -2.24. The van der Waals surface area contributed by atoms with Gasteiger partial charge in [-0.15, -0.1) is 17.0 Å². The number of hydrogen-bond acceptors (Lipinski definition) is 1. The van der Waals surface area contributed by atoms with E-state index in [0.29, 0.717) is 0 Å². The van der Waals surface area contributed by atoms with Crippen LogP contribution in [0.3, 0.4) is 0 Å². The van der Waals surface area contributed by atoms with E-state index in [1.165, 1.54) is 0 Å². The topological polar surface area (TPSA) is 12.0 Å². The Morgan fingerprint density at radius 3 is 2.25 bits per heavy atom. The molecule has 16 heavy (non-hydrogen) atoms. The molecule has 2 rings (SSSR count). The summed E-state index contributed by atoms with van der Waals surface area (Å²) in [5.74, 6) is -1.21. The van der Waals surface area contributed by atoms with E-state index in [1.54, 1.807) is 0 Å². The molecule has 90 valence electrons. The summed E-state index contributed by atoms with van der Waals surface area (Å²) in [6, 6.07) is 9.11. The first-order chi connectivity index (χ1) is 7.07. The monoisotopic (exact) mass is 295 g/mol. The van der Waals surface area contributed by atoms with E-state index in [-0.39, 0.29) is 36.0 Å². The minimum Gasteiger partial charge on any atom is -0.309 e. The van der Waals surface area contributed by atoms with Crippen molar-refractivity contribution in [2.24, 2.45) is 5.92 Å². The maximum absolute atomic E-state index is 12.4. The van der Waals surface area contributed by atoms with Gasteiger partial charge in [-0.05, 0) is 12.0 Å². The summed E-state index contributed by atoms with van der Waals surface area (Å²) in [4.78, 5) is 0. The van der Waals surface area contributed by atoms with Gasteiger partial charge < -0.3 is 5.32 Å². The Labute approximate surface area is 103 Å². The molecule has 1 saturated heterocycles. The second kappa shape index (κ2) is 5.19. The number of hydrogen-bond donors (Lipinski definition) is 1. The Morgan fingerprint density at radius 2 is 1.75 bits per heavy atom. The van der Waals surface area contributed by atoms with Gasteiger partial charge >= 0.3 is 6.18 Å². The van der Waals surface area contributed by atoms with Crippen LogP contribution in [0, 0.1) is 5.92 Å². The van der Waals surface area contributed by atoms with Crippen LogP contribution in [0.5, 0.6) is 0 Å². The lowest BCUT2D eigenvalue weighted by atomic mass is 10.00. The van der Waals surface area contributed by atoms with E-state index in [2.05, 4.69) is 5.32 Å². The van der Waals surface area contributed by atoms with Gasteiger partial charge in [-0.2, -0.15) is 13.2 Å². The fourth-order valence-electron chi connectivity index (χ4n) is 1.92. The van der Waals surface area contributed by atoms with E-state index in [4.69, 9.17) is 0 Å². The number of halogens is 4. The molecule has 2 unspecified atom stereocenters. The fourth-order valence-corrected chi connectivity index (χ4v) is 1.92. The Morgan fingerprint density at radius 1 is 1.12 bits per heavy atom. The smallest absolute Gasteiger partial charge is 0.309 e. The van der Waals surface area contributed by atoms with Crippen molar-refractivity contribution in [2.45, 2.75) is 18.6 Å². The molecule has 1 fully saturated rings. The molecular formula is C11H13BrF3N. The maximum Gasteiger partial charge on any atom is 0.393 e. The van der Waals surface area contributed by atoms with Gasteiger partial charge in [-0.3, -0.25) is 0 Å². The van der Waals surface area contributed by atoms with Gasteiger partial charge in [0.05, 0.1) is 5.92 Å². The van der Waals surface area contributed by atoms with Crippen molar-refractivity contribution >= 4 is 17.0 Å². The van der Waals surface area contributed by atoms with Gasteiger partial charge in [-0.1, -0.05) is 30.3 Å². The molecule has 0 saturated carbocycles. The zero-order valence-electron chi connectivity index (χ0n) is 8.50. The number of benzene rings is 1. The van der Waals surface area contributed by atoms with Crippen LogP contribution < -0.4 is 5.32 Å². The highest BCUT2D eigenvalue weighted by atomic mass is 79.9. The predicted molar refractivity (Wildman–Crippen MR) is 61.7 cm³/mol. The SMILES string of the molecule is Br.FC(F)(F)C1CNC(c2ccccc2)C1. The van der Waals surface area contributed by atoms with Crippen molar-refractivity contribution in [2.75, 3.05) is 6.54 Å². The first-order valence-corrected chi connectivity index (χ1v) is 4.92.